The predicted molar refractivity (Wildman–Crippen MR) is 85.0 cm³/mol. The van der Waals surface area contributed by atoms with Gasteiger partial charge in [-0.1, -0.05) is 0 Å². The van der Waals surface area contributed by atoms with E-state index in [1.54, 1.807) is 6.92 Å². The average molecular weight is 328 g/mol. The molecule has 8 nitrogen and oxygen atoms in total. The Bertz CT molecular complexity index is 424. The molecule has 3 unspecified atom stereocenters. The zero-order valence-corrected chi connectivity index (χ0v) is 14.1. The zero-order chi connectivity index (χ0) is 17.0. The molecule has 0 aromatic heterocycles. The van der Waals surface area contributed by atoms with Gasteiger partial charge in [0.15, 0.2) is 0 Å². The Labute approximate surface area is 137 Å². The molecule has 0 spiro atoms. The van der Waals surface area contributed by atoms with Crippen molar-refractivity contribution in [2.75, 3.05) is 39.3 Å². The number of urea groups is 1. The number of nitrogens with zero attached hydrogens (tertiary/aromatic N) is 2. The molecule has 2 heterocycles. The summed E-state index contributed by atoms with van der Waals surface area (Å²) < 4.78 is 5.65. The fraction of sp³-hybridized carbons (Fsp3) is 0.867. The first-order valence-electron chi connectivity index (χ1n) is 8.21. The smallest absolute Gasteiger partial charge is 0.315 e. The Hall–Kier alpha value is -1.38. The summed E-state index contributed by atoms with van der Waals surface area (Å²) in [6, 6.07) is -0.636. The molecular weight excluding hydrogens is 300 g/mol. The Morgan fingerprint density at radius 1 is 1.26 bits per heavy atom. The molecule has 0 aliphatic carbocycles. The minimum atomic E-state index is -0.723. The van der Waals surface area contributed by atoms with Crippen molar-refractivity contribution in [2.24, 2.45) is 0 Å². The molecule has 0 radical (unpaired) electrons. The Morgan fingerprint density at radius 2 is 1.91 bits per heavy atom. The topological polar surface area (TPSA) is 94.1 Å². The van der Waals surface area contributed by atoms with Crippen LogP contribution in [0.4, 0.5) is 4.79 Å². The van der Waals surface area contributed by atoms with Crippen molar-refractivity contribution in [3.8, 4) is 0 Å². The van der Waals surface area contributed by atoms with Crippen molar-refractivity contribution < 1.29 is 19.4 Å². The summed E-state index contributed by atoms with van der Waals surface area (Å²) in [7, 11) is 0. The van der Waals surface area contributed by atoms with E-state index >= 15 is 0 Å². The Morgan fingerprint density at radius 3 is 2.48 bits per heavy atom. The van der Waals surface area contributed by atoms with Gasteiger partial charge in [0.05, 0.1) is 18.8 Å². The number of rotatable bonds is 4. The minimum Gasteiger partial charge on any atom is -0.388 e. The van der Waals surface area contributed by atoms with E-state index in [2.05, 4.69) is 15.5 Å². The van der Waals surface area contributed by atoms with E-state index in [0.29, 0.717) is 26.2 Å². The second kappa shape index (κ2) is 7.94. The molecule has 2 saturated heterocycles. The van der Waals surface area contributed by atoms with Gasteiger partial charge in [0, 0.05) is 45.7 Å². The summed E-state index contributed by atoms with van der Waals surface area (Å²) in [5.41, 5.74) is 0. The van der Waals surface area contributed by atoms with E-state index < -0.39 is 12.1 Å². The largest absolute Gasteiger partial charge is 0.388 e. The lowest BCUT2D eigenvalue weighted by Crippen LogP contribution is -2.53. The van der Waals surface area contributed by atoms with Crippen molar-refractivity contribution in [2.45, 2.75) is 45.1 Å². The summed E-state index contributed by atoms with van der Waals surface area (Å²) in [6.45, 7) is 9.22. The minimum absolute atomic E-state index is 0.0443. The lowest BCUT2D eigenvalue weighted by atomic mass is 10.1. The highest BCUT2D eigenvalue weighted by Gasteiger charge is 2.38. The quantitative estimate of drug-likeness (QED) is 0.615. The standard InChI is InChI=1S/C15H28N4O4/c1-10(2)16-15(22)17-12-9-23-13(14(12)21)8-18-4-6-19(7-5-18)11(3)20/h10,12-14,21H,4-9H2,1-3H3,(H2,16,17,22). The monoisotopic (exact) mass is 328 g/mol. The summed E-state index contributed by atoms with van der Waals surface area (Å²) >= 11 is 0. The third kappa shape index (κ3) is 5.05. The summed E-state index contributed by atoms with van der Waals surface area (Å²) in [4.78, 5) is 27.0. The molecule has 23 heavy (non-hydrogen) atoms. The van der Waals surface area contributed by atoms with Crippen LogP contribution < -0.4 is 10.6 Å². The number of hydrogen-bond donors (Lipinski definition) is 3. The Kier molecular flexibility index (Phi) is 6.20. The third-order valence-electron chi connectivity index (χ3n) is 4.28. The second-order valence-electron chi connectivity index (χ2n) is 6.55. The van der Waals surface area contributed by atoms with Gasteiger partial charge in [0.25, 0.3) is 0 Å². The molecule has 132 valence electrons. The van der Waals surface area contributed by atoms with E-state index in [-0.39, 0.29) is 24.1 Å². The lowest BCUT2D eigenvalue weighted by molar-refractivity contribution is -0.130. The maximum absolute atomic E-state index is 11.7. The van der Waals surface area contributed by atoms with Crippen LogP contribution in [0, 0.1) is 0 Å². The summed E-state index contributed by atoms with van der Waals surface area (Å²) in [6.07, 6.45) is -1.04. The van der Waals surface area contributed by atoms with Crippen molar-refractivity contribution in [1.29, 1.82) is 0 Å². The number of nitrogens with one attached hydrogen (secondary N) is 2. The molecule has 8 heteroatoms. The fourth-order valence-corrected chi connectivity index (χ4v) is 2.94. The first-order chi connectivity index (χ1) is 10.9. The molecule has 0 saturated carbocycles. The molecule has 2 aliphatic rings. The van der Waals surface area contributed by atoms with Crippen LogP contribution in [0.25, 0.3) is 0 Å². The van der Waals surface area contributed by atoms with Crippen LogP contribution in [0.2, 0.25) is 0 Å². The van der Waals surface area contributed by atoms with Crippen LogP contribution in [0.15, 0.2) is 0 Å². The van der Waals surface area contributed by atoms with Crippen LogP contribution in [0.5, 0.6) is 0 Å². The molecule has 2 aliphatic heterocycles. The predicted octanol–water partition coefficient (Wildman–Crippen LogP) is -1.01. The van der Waals surface area contributed by atoms with Crippen molar-refractivity contribution in [1.82, 2.24) is 20.4 Å². The van der Waals surface area contributed by atoms with E-state index in [0.717, 1.165) is 13.1 Å². The van der Waals surface area contributed by atoms with Gasteiger partial charge in [-0.05, 0) is 13.8 Å². The molecule has 2 fully saturated rings. The van der Waals surface area contributed by atoms with Gasteiger partial charge in [0.2, 0.25) is 5.91 Å². The molecule has 3 atom stereocenters. The van der Waals surface area contributed by atoms with Crippen LogP contribution >= 0.6 is 0 Å². The molecular formula is C15H28N4O4. The number of ether oxygens (including phenoxy) is 1. The van der Waals surface area contributed by atoms with Gasteiger partial charge in [-0.15, -0.1) is 0 Å². The SMILES string of the molecule is CC(=O)N1CCN(CC2OCC(NC(=O)NC(C)C)C2O)CC1. The molecule has 3 N–H and O–H groups in total. The molecule has 2 rings (SSSR count). The number of carbonyl (C=O) groups is 2. The van der Waals surface area contributed by atoms with E-state index in [4.69, 9.17) is 4.74 Å². The molecule has 0 aromatic rings. The first kappa shape index (κ1) is 18.0. The molecule has 0 bridgehead atoms. The lowest BCUT2D eigenvalue weighted by Gasteiger charge is -2.35. The number of amides is 3. The van der Waals surface area contributed by atoms with E-state index in [1.165, 1.54) is 0 Å². The third-order valence-corrected chi connectivity index (χ3v) is 4.28. The van der Waals surface area contributed by atoms with Gasteiger partial charge < -0.3 is 25.4 Å². The molecule has 3 amide bonds. The first-order valence-corrected chi connectivity index (χ1v) is 8.21. The van der Waals surface area contributed by atoms with Gasteiger partial charge in [-0.25, -0.2) is 4.79 Å². The number of aliphatic hydroxyl groups excluding tert-OH is 1. The maximum Gasteiger partial charge on any atom is 0.315 e. The highest BCUT2D eigenvalue weighted by atomic mass is 16.5. The van der Waals surface area contributed by atoms with E-state index in [1.807, 2.05) is 18.7 Å². The van der Waals surface area contributed by atoms with Crippen molar-refractivity contribution in [3.63, 3.8) is 0 Å². The number of hydrogen-bond acceptors (Lipinski definition) is 5. The number of aliphatic hydroxyl groups is 1. The van der Waals surface area contributed by atoms with E-state index in [9.17, 15) is 14.7 Å². The second-order valence-corrected chi connectivity index (χ2v) is 6.55. The van der Waals surface area contributed by atoms with Crippen molar-refractivity contribution >= 4 is 11.9 Å². The highest BCUT2D eigenvalue weighted by Crippen LogP contribution is 2.16. The average Bonchev–Trinajstić information content (AvgIpc) is 2.80. The molecule has 0 aromatic carbocycles. The van der Waals surface area contributed by atoms with Crippen LogP contribution in [-0.4, -0.2) is 90.5 Å². The van der Waals surface area contributed by atoms with Gasteiger partial charge in [-0.3, -0.25) is 9.69 Å². The summed E-state index contributed by atoms with van der Waals surface area (Å²) in [5, 5.41) is 15.8. The van der Waals surface area contributed by atoms with Crippen LogP contribution in [0.1, 0.15) is 20.8 Å². The van der Waals surface area contributed by atoms with Gasteiger partial charge in [-0.2, -0.15) is 0 Å². The van der Waals surface area contributed by atoms with Gasteiger partial charge >= 0.3 is 6.03 Å². The number of carbonyl (C=O) groups excluding carboxylic acids is 2. The summed E-state index contributed by atoms with van der Waals surface area (Å²) in [5.74, 6) is 0.0993. The number of piperazine rings is 1. The fourth-order valence-electron chi connectivity index (χ4n) is 2.94. The Balaban J connectivity index is 1.75. The van der Waals surface area contributed by atoms with Crippen molar-refractivity contribution in [3.05, 3.63) is 0 Å². The van der Waals surface area contributed by atoms with Crippen LogP contribution in [0.3, 0.4) is 0 Å². The normalized spacial score (nSPS) is 28.9. The van der Waals surface area contributed by atoms with Crippen LogP contribution in [-0.2, 0) is 9.53 Å². The zero-order valence-electron chi connectivity index (χ0n) is 14.1. The van der Waals surface area contributed by atoms with Gasteiger partial charge in [0.1, 0.15) is 6.10 Å². The highest BCUT2D eigenvalue weighted by molar-refractivity contribution is 5.74. The maximum atomic E-state index is 11.7.